The lowest BCUT2D eigenvalue weighted by molar-refractivity contribution is -0.167. The van der Waals surface area contributed by atoms with Crippen LogP contribution in [0.25, 0.3) is 0 Å². The van der Waals surface area contributed by atoms with Crippen molar-refractivity contribution in [2.24, 2.45) is 5.41 Å². The van der Waals surface area contributed by atoms with E-state index < -0.39 is 17.4 Å². The van der Waals surface area contributed by atoms with E-state index in [0.29, 0.717) is 0 Å². The summed E-state index contributed by atoms with van der Waals surface area (Å²) in [4.78, 5) is 23.1. The van der Waals surface area contributed by atoms with Crippen LogP contribution in [0.4, 0.5) is 0 Å². The van der Waals surface area contributed by atoms with Crippen molar-refractivity contribution >= 4 is 34.5 Å². The minimum atomic E-state index is -1.54. The molecule has 1 aromatic rings. The number of hydrogen-bond acceptors (Lipinski definition) is 3. The van der Waals surface area contributed by atoms with Crippen LogP contribution >= 0.6 is 22.6 Å². The number of carboxylic acids is 1. The van der Waals surface area contributed by atoms with Gasteiger partial charge in [0.25, 0.3) is 0 Å². The zero-order valence-corrected chi connectivity index (χ0v) is 12.4. The van der Waals surface area contributed by atoms with Crippen LogP contribution in [0.1, 0.15) is 19.4 Å². The molecule has 98 valence electrons. The first-order valence-electron chi connectivity index (χ1n) is 5.55. The lowest BCUT2D eigenvalue weighted by Gasteiger charge is -2.22. The molecule has 1 atom stereocenters. The maximum atomic E-state index is 11.8. The summed E-state index contributed by atoms with van der Waals surface area (Å²) in [6.07, 6.45) is 0.123. The van der Waals surface area contributed by atoms with Crippen molar-refractivity contribution in [3.8, 4) is 0 Å². The fraction of sp³-hybridized carbons (Fsp3) is 0.385. The van der Waals surface area contributed by atoms with Crippen LogP contribution in [0.15, 0.2) is 24.3 Å². The van der Waals surface area contributed by atoms with Crippen molar-refractivity contribution in [1.29, 1.82) is 0 Å². The molecular formula is C13H15IO4. The van der Waals surface area contributed by atoms with Gasteiger partial charge in [-0.15, -0.1) is 0 Å². The van der Waals surface area contributed by atoms with Crippen molar-refractivity contribution in [3.05, 3.63) is 33.4 Å². The Morgan fingerprint density at radius 1 is 1.33 bits per heavy atom. The molecule has 5 heteroatoms. The molecule has 1 aromatic carbocycles. The first-order chi connectivity index (χ1) is 8.40. The Morgan fingerprint density at radius 2 is 1.89 bits per heavy atom. The molecule has 0 spiro atoms. The Kier molecular flexibility index (Phi) is 5.13. The van der Waals surface area contributed by atoms with Gasteiger partial charge in [-0.3, -0.25) is 9.59 Å². The number of carboxylic acid groups (broad SMARTS) is 1. The molecule has 0 aliphatic rings. The zero-order valence-electron chi connectivity index (χ0n) is 10.3. The number of carbonyl (C=O) groups excluding carboxylic acids is 1. The summed E-state index contributed by atoms with van der Waals surface area (Å²) >= 11 is 2.17. The lowest BCUT2D eigenvalue weighted by Crippen LogP contribution is -2.40. The van der Waals surface area contributed by atoms with Crippen molar-refractivity contribution in [2.75, 3.05) is 6.61 Å². The predicted octanol–water partition coefficient (Wildman–Crippen LogP) is 2.49. The van der Waals surface area contributed by atoms with E-state index in [1.807, 2.05) is 24.3 Å². The van der Waals surface area contributed by atoms with Crippen LogP contribution in [-0.4, -0.2) is 23.7 Å². The van der Waals surface area contributed by atoms with E-state index in [4.69, 9.17) is 4.74 Å². The quantitative estimate of drug-likeness (QED) is 0.497. The van der Waals surface area contributed by atoms with Gasteiger partial charge in [0.2, 0.25) is 0 Å². The van der Waals surface area contributed by atoms with Gasteiger partial charge in [-0.1, -0.05) is 12.1 Å². The highest BCUT2D eigenvalue weighted by atomic mass is 127. The molecule has 0 heterocycles. The van der Waals surface area contributed by atoms with Crippen LogP contribution in [0.5, 0.6) is 0 Å². The Morgan fingerprint density at radius 3 is 2.33 bits per heavy atom. The monoisotopic (exact) mass is 362 g/mol. The van der Waals surface area contributed by atoms with Gasteiger partial charge < -0.3 is 9.84 Å². The third kappa shape index (κ3) is 3.44. The average Bonchev–Trinajstić information content (AvgIpc) is 2.32. The van der Waals surface area contributed by atoms with Crippen molar-refractivity contribution in [2.45, 2.75) is 20.3 Å². The van der Waals surface area contributed by atoms with Crippen molar-refractivity contribution < 1.29 is 19.4 Å². The van der Waals surface area contributed by atoms with E-state index >= 15 is 0 Å². The van der Waals surface area contributed by atoms with Gasteiger partial charge in [-0.2, -0.15) is 0 Å². The second-order valence-corrected chi connectivity index (χ2v) is 5.41. The van der Waals surface area contributed by atoms with Crippen LogP contribution in [0, 0.1) is 8.99 Å². The standard InChI is InChI=1S/C13H15IO4/c1-3-18-12(17)13(2,11(15)16)8-9-4-6-10(14)7-5-9/h4-7H,3,8H2,1-2H3,(H,15,16). The van der Waals surface area contributed by atoms with E-state index in [0.717, 1.165) is 9.13 Å². The number of esters is 1. The molecular weight excluding hydrogens is 347 g/mol. The lowest BCUT2D eigenvalue weighted by atomic mass is 9.83. The molecule has 0 aliphatic carbocycles. The van der Waals surface area contributed by atoms with Gasteiger partial charge in [0.05, 0.1) is 6.61 Å². The molecule has 1 rings (SSSR count). The molecule has 0 aliphatic heterocycles. The normalized spacial score (nSPS) is 13.7. The van der Waals surface area contributed by atoms with Gasteiger partial charge >= 0.3 is 11.9 Å². The maximum absolute atomic E-state index is 11.8. The highest BCUT2D eigenvalue weighted by Gasteiger charge is 2.42. The van der Waals surface area contributed by atoms with Gasteiger partial charge in [-0.05, 0) is 60.6 Å². The number of ether oxygens (including phenoxy) is 1. The van der Waals surface area contributed by atoms with Crippen LogP contribution in [0.3, 0.4) is 0 Å². The summed E-state index contributed by atoms with van der Waals surface area (Å²) in [5.74, 6) is -1.87. The molecule has 0 saturated heterocycles. The largest absolute Gasteiger partial charge is 0.480 e. The summed E-state index contributed by atoms with van der Waals surface area (Å²) in [6.45, 7) is 3.23. The van der Waals surface area contributed by atoms with Crippen LogP contribution < -0.4 is 0 Å². The van der Waals surface area contributed by atoms with Crippen molar-refractivity contribution in [1.82, 2.24) is 0 Å². The summed E-state index contributed by atoms with van der Waals surface area (Å²) in [7, 11) is 0. The van der Waals surface area contributed by atoms with Crippen LogP contribution in [0.2, 0.25) is 0 Å². The third-order valence-corrected chi connectivity index (χ3v) is 3.39. The molecule has 0 aromatic heterocycles. The number of hydrogen-bond donors (Lipinski definition) is 1. The van der Waals surface area contributed by atoms with Crippen molar-refractivity contribution in [3.63, 3.8) is 0 Å². The fourth-order valence-corrected chi connectivity index (χ4v) is 1.90. The highest BCUT2D eigenvalue weighted by molar-refractivity contribution is 14.1. The number of halogens is 1. The van der Waals surface area contributed by atoms with Gasteiger partial charge in [0.15, 0.2) is 5.41 Å². The summed E-state index contributed by atoms with van der Waals surface area (Å²) in [5, 5.41) is 9.24. The number of rotatable bonds is 5. The van der Waals surface area contributed by atoms with Crippen LogP contribution in [-0.2, 0) is 20.7 Å². The average molecular weight is 362 g/mol. The second kappa shape index (κ2) is 6.17. The molecule has 0 fully saturated rings. The first-order valence-corrected chi connectivity index (χ1v) is 6.63. The van der Waals surface area contributed by atoms with E-state index in [1.54, 1.807) is 6.92 Å². The van der Waals surface area contributed by atoms with E-state index in [1.165, 1.54) is 6.92 Å². The number of carbonyl (C=O) groups is 2. The third-order valence-electron chi connectivity index (χ3n) is 2.67. The predicted molar refractivity (Wildman–Crippen MR) is 75.2 cm³/mol. The van der Waals surface area contributed by atoms with E-state index in [-0.39, 0.29) is 13.0 Å². The summed E-state index contributed by atoms with van der Waals surface area (Å²) in [5.41, 5.74) is -0.739. The molecule has 0 amide bonds. The number of aliphatic carboxylic acids is 1. The van der Waals surface area contributed by atoms with Gasteiger partial charge in [0.1, 0.15) is 0 Å². The molecule has 0 radical (unpaired) electrons. The minimum absolute atomic E-state index is 0.123. The zero-order chi connectivity index (χ0) is 13.8. The molecule has 18 heavy (non-hydrogen) atoms. The molecule has 0 saturated carbocycles. The fourth-order valence-electron chi connectivity index (χ4n) is 1.54. The van der Waals surface area contributed by atoms with Gasteiger partial charge in [-0.25, -0.2) is 0 Å². The Labute approximate surface area is 119 Å². The maximum Gasteiger partial charge on any atom is 0.323 e. The topological polar surface area (TPSA) is 63.6 Å². The minimum Gasteiger partial charge on any atom is -0.480 e. The Hall–Kier alpha value is -1.11. The van der Waals surface area contributed by atoms with E-state index in [2.05, 4.69) is 22.6 Å². The molecule has 0 bridgehead atoms. The van der Waals surface area contributed by atoms with E-state index in [9.17, 15) is 14.7 Å². The molecule has 1 N–H and O–H groups in total. The Bertz CT molecular complexity index is 441. The second-order valence-electron chi connectivity index (χ2n) is 4.16. The SMILES string of the molecule is CCOC(=O)C(C)(Cc1ccc(I)cc1)C(=O)O. The highest BCUT2D eigenvalue weighted by Crippen LogP contribution is 2.25. The molecule has 1 unspecified atom stereocenters. The summed E-state index contributed by atoms with van der Waals surface area (Å²) < 4.78 is 5.90. The van der Waals surface area contributed by atoms with Gasteiger partial charge in [0, 0.05) is 3.57 Å². The number of benzene rings is 1. The first kappa shape index (κ1) is 14.9. The smallest absolute Gasteiger partial charge is 0.323 e. The Balaban J connectivity index is 2.96. The molecule has 4 nitrogen and oxygen atoms in total. The summed E-state index contributed by atoms with van der Waals surface area (Å²) in [6, 6.07) is 7.40.